The smallest absolute Gasteiger partial charge is 0.216 e. The van der Waals surface area contributed by atoms with Crippen molar-refractivity contribution in [2.24, 2.45) is 4.99 Å². The monoisotopic (exact) mass is 205 g/mol. The van der Waals surface area contributed by atoms with Gasteiger partial charge in [-0.3, -0.25) is 0 Å². The van der Waals surface area contributed by atoms with Gasteiger partial charge in [0.05, 0.1) is 6.54 Å². The number of aryl methyl sites for hydroxylation is 1. The van der Waals surface area contributed by atoms with Gasteiger partial charge >= 0.3 is 0 Å². The molecule has 1 heterocycles. The van der Waals surface area contributed by atoms with Crippen molar-refractivity contribution in [1.29, 1.82) is 0 Å². The minimum Gasteiger partial charge on any atom is -0.476 e. The van der Waals surface area contributed by atoms with Crippen LogP contribution in [0.25, 0.3) is 0 Å². The van der Waals surface area contributed by atoms with Gasteiger partial charge in [0.15, 0.2) is 0 Å². The summed E-state index contributed by atoms with van der Waals surface area (Å²) in [4.78, 5) is 4.27. The molecule has 1 aliphatic rings. The van der Waals surface area contributed by atoms with Gasteiger partial charge in [-0.15, -0.1) is 0 Å². The van der Waals surface area contributed by atoms with Crippen LogP contribution < -0.4 is 0 Å². The van der Waals surface area contributed by atoms with Gasteiger partial charge in [-0.25, -0.2) is 4.99 Å². The molecule has 80 valence electrons. The molecule has 0 bridgehead atoms. The van der Waals surface area contributed by atoms with Crippen LogP contribution in [-0.4, -0.2) is 30.8 Å². The molecular formula is C12H15NO2. The molecule has 0 fully saturated rings. The number of hydrogen-bond donors (Lipinski definition) is 1. The number of nitrogens with zero attached hydrogens (tertiary/aromatic N) is 1. The topological polar surface area (TPSA) is 41.8 Å². The predicted molar refractivity (Wildman–Crippen MR) is 59.2 cm³/mol. The zero-order chi connectivity index (χ0) is 10.5. The zero-order valence-electron chi connectivity index (χ0n) is 8.65. The summed E-state index contributed by atoms with van der Waals surface area (Å²) in [6.45, 7) is 1.69. The summed E-state index contributed by atoms with van der Waals surface area (Å²) in [6, 6.07) is 8.16. The summed E-state index contributed by atoms with van der Waals surface area (Å²) in [5, 5.41) is 8.76. The number of aliphatic hydroxyl groups is 1. The van der Waals surface area contributed by atoms with Crippen molar-refractivity contribution in [2.75, 3.05) is 19.8 Å². The molecule has 0 saturated heterocycles. The number of hydrogen-bond acceptors (Lipinski definition) is 3. The number of aliphatic hydroxyl groups excluding tert-OH is 1. The van der Waals surface area contributed by atoms with Crippen molar-refractivity contribution < 1.29 is 9.84 Å². The minimum absolute atomic E-state index is 0.238. The molecule has 0 saturated carbocycles. The molecule has 0 aliphatic carbocycles. The number of ether oxygens (including phenoxy) is 1. The molecule has 3 nitrogen and oxygen atoms in total. The van der Waals surface area contributed by atoms with Crippen LogP contribution in [-0.2, 0) is 11.2 Å². The van der Waals surface area contributed by atoms with Crippen molar-refractivity contribution in [3.05, 3.63) is 35.4 Å². The standard InChI is InChI=1S/C12H15NO2/c14-7-2-4-10-3-1-5-11(9-10)12-13-6-8-15-12/h1,3,5,9,14H,2,4,6-8H2. The highest BCUT2D eigenvalue weighted by Crippen LogP contribution is 2.11. The van der Waals surface area contributed by atoms with Gasteiger partial charge in [0.1, 0.15) is 6.61 Å². The van der Waals surface area contributed by atoms with Crippen LogP contribution in [0, 0.1) is 0 Å². The summed E-state index contributed by atoms with van der Waals surface area (Å²) in [5.41, 5.74) is 2.27. The molecule has 1 aliphatic heterocycles. The van der Waals surface area contributed by atoms with E-state index in [9.17, 15) is 0 Å². The average Bonchev–Trinajstić information content (AvgIpc) is 2.80. The molecule has 2 rings (SSSR count). The Labute approximate surface area is 89.4 Å². The van der Waals surface area contributed by atoms with Crippen molar-refractivity contribution in [3.63, 3.8) is 0 Å². The summed E-state index contributed by atoms with van der Waals surface area (Å²) in [7, 11) is 0. The first-order chi connectivity index (χ1) is 7.40. The Bertz CT molecular complexity index is 360. The lowest BCUT2D eigenvalue weighted by Gasteiger charge is -2.04. The Kier molecular flexibility index (Phi) is 3.35. The van der Waals surface area contributed by atoms with E-state index >= 15 is 0 Å². The van der Waals surface area contributed by atoms with Crippen molar-refractivity contribution in [2.45, 2.75) is 12.8 Å². The van der Waals surface area contributed by atoms with E-state index < -0.39 is 0 Å². The SMILES string of the molecule is OCCCc1cccc(C2=NCCO2)c1. The summed E-state index contributed by atoms with van der Waals surface area (Å²) < 4.78 is 5.40. The zero-order valence-corrected chi connectivity index (χ0v) is 8.65. The first kappa shape index (κ1) is 10.2. The minimum atomic E-state index is 0.238. The van der Waals surface area contributed by atoms with Crippen LogP contribution in [0.3, 0.4) is 0 Å². The van der Waals surface area contributed by atoms with E-state index in [0.29, 0.717) is 6.61 Å². The predicted octanol–water partition coefficient (Wildman–Crippen LogP) is 1.39. The maximum Gasteiger partial charge on any atom is 0.216 e. The van der Waals surface area contributed by atoms with E-state index in [-0.39, 0.29) is 6.61 Å². The van der Waals surface area contributed by atoms with Gasteiger partial charge in [-0.05, 0) is 30.5 Å². The number of rotatable bonds is 4. The van der Waals surface area contributed by atoms with Crippen LogP contribution in [0.15, 0.2) is 29.3 Å². The third kappa shape index (κ3) is 2.57. The molecule has 0 atom stereocenters. The normalized spacial score (nSPS) is 14.9. The van der Waals surface area contributed by atoms with Gasteiger partial charge in [0, 0.05) is 12.2 Å². The first-order valence-electron chi connectivity index (χ1n) is 5.27. The van der Waals surface area contributed by atoms with E-state index in [1.807, 2.05) is 12.1 Å². The fourth-order valence-corrected chi connectivity index (χ4v) is 1.65. The van der Waals surface area contributed by atoms with E-state index in [2.05, 4.69) is 17.1 Å². The molecule has 1 aromatic rings. The Hall–Kier alpha value is -1.35. The molecule has 0 aromatic heterocycles. The molecule has 3 heteroatoms. The molecule has 0 spiro atoms. The quantitative estimate of drug-likeness (QED) is 0.807. The summed E-state index contributed by atoms with van der Waals surface area (Å²) in [5.74, 6) is 0.751. The van der Waals surface area contributed by atoms with Crippen LogP contribution in [0.4, 0.5) is 0 Å². The second-order valence-corrected chi connectivity index (χ2v) is 3.56. The summed E-state index contributed by atoms with van der Waals surface area (Å²) in [6.07, 6.45) is 1.70. The van der Waals surface area contributed by atoms with Gasteiger partial charge in [-0.2, -0.15) is 0 Å². The molecule has 1 aromatic carbocycles. The van der Waals surface area contributed by atoms with Gasteiger partial charge in [0.2, 0.25) is 5.90 Å². The number of benzene rings is 1. The highest BCUT2D eigenvalue weighted by Gasteiger charge is 2.09. The number of aliphatic imine (C=N–C) groups is 1. The van der Waals surface area contributed by atoms with Gasteiger partial charge in [-0.1, -0.05) is 12.1 Å². The van der Waals surface area contributed by atoms with Gasteiger partial charge in [0.25, 0.3) is 0 Å². The van der Waals surface area contributed by atoms with E-state index in [0.717, 1.165) is 30.8 Å². The third-order valence-corrected chi connectivity index (χ3v) is 2.38. The molecule has 15 heavy (non-hydrogen) atoms. The first-order valence-corrected chi connectivity index (χ1v) is 5.27. The van der Waals surface area contributed by atoms with E-state index in [4.69, 9.17) is 9.84 Å². The van der Waals surface area contributed by atoms with Crippen LogP contribution in [0.1, 0.15) is 17.5 Å². The average molecular weight is 205 g/mol. The molecule has 0 unspecified atom stereocenters. The lowest BCUT2D eigenvalue weighted by molar-refractivity contribution is 0.288. The summed E-state index contributed by atoms with van der Waals surface area (Å²) >= 11 is 0. The van der Waals surface area contributed by atoms with E-state index in [1.165, 1.54) is 5.56 Å². The van der Waals surface area contributed by atoms with Crippen LogP contribution in [0.2, 0.25) is 0 Å². The molecular weight excluding hydrogens is 190 g/mol. The largest absolute Gasteiger partial charge is 0.476 e. The van der Waals surface area contributed by atoms with Crippen LogP contribution >= 0.6 is 0 Å². The molecule has 1 N–H and O–H groups in total. The lowest BCUT2D eigenvalue weighted by Crippen LogP contribution is -2.01. The van der Waals surface area contributed by atoms with Crippen molar-refractivity contribution in [3.8, 4) is 0 Å². The Morgan fingerprint density at radius 3 is 3.07 bits per heavy atom. The molecule has 0 amide bonds. The fourth-order valence-electron chi connectivity index (χ4n) is 1.65. The molecule has 0 radical (unpaired) electrons. The van der Waals surface area contributed by atoms with E-state index in [1.54, 1.807) is 0 Å². The lowest BCUT2D eigenvalue weighted by atomic mass is 10.1. The second kappa shape index (κ2) is 4.94. The third-order valence-electron chi connectivity index (χ3n) is 2.38. The second-order valence-electron chi connectivity index (χ2n) is 3.56. The van der Waals surface area contributed by atoms with Gasteiger partial charge < -0.3 is 9.84 Å². The van der Waals surface area contributed by atoms with Crippen molar-refractivity contribution >= 4 is 5.90 Å². The Morgan fingerprint density at radius 2 is 2.33 bits per heavy atom. The highest BCUT2D eigenvalue weighted by molar-refractivity contribution is 5.95. The maximum absolute atomic E-state index is 8.76. The van der Waals surface area contributed by atoms with Crippen LogP contribution in [0.5, 0.6) is 0 Å². The van der Waals surface area contributed by atoms with Crippen molar-refractivity contribution in [1.82, 2.24) is 0 Å². The Balaban J connectivity index is 2.11. The Morgan fingerprint density at radius 1 is 1.40 bits per heavy atom. The fraction of sp³-hybridized carbons (Fsp3) is 0.417. The maximum atomic E-state index is 8.76. The highest BCUT2D eigenvalue weighted by atomic mass is 16.5.